The van der Waals surface area contributed by atoms with Crippen LogP contribution in [-0.4, -0.2) is 19.6 Å². The van der Waals surface area contributed by atoms with Gasteiger partial charge in [-0.3, -0.25) is 0 Å². The molecule has 1 aliphatic carbocycles. The van der Waals surface area contributed by atoms with E-state index in [2.05, 4.69) is 46.9 Å². The van der Waals surface area contributed by atoms with Crippen molar-refractivity contribution < 1.29 is 0 Å². The quantitative estimate of drug-likeness (QED) is 0.359. The van der Waals surface area contributed by atoms with Crippen LogP contribution in [0.2, 0.25) is 0 Å². The standard InChI is InChI=1S/C20H19BrN4S2/c1-11-8-16(12(2)7-14(11)21)26-9-17-23-19-18-13-5-3-4-6-15(13)27-20(18)22-10-25(19)24-17/h7-8,10H,3-6,9H2,1-2H3. The van der Waals surface area contributed by atoms with Gasteiger partial charge in [-0.05, 0) is 68.4 Å². The summed E-state index contributed by atoms with van der Waals surface area (Å²) in [5, 5.41) is 5.93. The number of aromatic nitrogens is 4. The van der Waals surface area contributed by atoms with Gasteiger partial charge in [0.15, 0.2) is 11.5 Å². The zero-order chi connectivity index (χ0) is 18.5. The highest BCUT2D eigenvalue weighted by Crippen LogP contribution is 2.37. The van der Waals surface area contributed by atoms with Gasteiger partial charge in [0.2, 0.25) is 0 Å². The first kappa shape index (κ1) is 17.6. The monoisotopic (exact) mass is 458 g/mol. The number of benzene rings is 1. The third kappa shape index (κ3) is 3.09. The number of halogens is 1. The number of rotatable bonds is 3. The van der Waals surface area contributed by atoms with Crippen LogP contribution in [-0.2, 0) is 18.6 Å². The Morgan fingerprint density at radius 1 is 1.19 bits per heavy atom. The van der Waals surface area contributed by atoms with Crippen molar-refractivity contribution in [3.63, 3.8) is 0 Å². The van der Waals surface area contributed by atoms with Crippen LogP contribution in [0.25, 0.3) is 15.9 Å². The molecule has 0 bridgehead atoms. The van der Waals surface area contributed by atoms with Crippen molar-refractivity contribution in [2.24, 2.45) is 0 Å². The highest BCUT2D eigenvalue weighted by molar-refractivity contribution is 9.10. The molecule has 1 aromatic carbocycles. The minimum atomic E-state index is 0.761. The second-order valence-corrected chi connectivity index (χ2v) is 10.0. The summed E-state index contributed by atoms with van der Waals surface area (Å²) >= 11 is 7.24. The Kier molecular flexibility index (Phi) is 4.49. The van der Waals surface area contributed by atoms with Crippen LogP contribution in [0, 0.1) is 13.8 Å². The highest BCUT2D eigenvalue weighted by atomic mass is 79.9. The van der Waals surface area contributed by atoms with E-state index in [1.54, 1.807) is 11.8 Å². The maximum atomic E-state index is 4.89. The molecule has 0 saturated carbocycles. The maximum absolute atomic E-state index is 4.89. The summed E-state index contributed by atoms with van der Waals surface area (Å²) in [6.45, 7) is 4.27. The Morgan fingerprint density at radius 3 is 2.93 bits per heavy atom. The largest absolute Gasteiger partial charge is 0.225 e. The van der Waals surface area contributed by atoms with Crippen LogP contribution in [0.5, 0.6) is 0 Å². The lowest BCUT2D eigenvalue weighted by Gasteiger charge is -2.09. The summed E-state index contributed by atoms with van der Waals surface area (Å²) in [4.78, 5) is 13.4. The number of hydrogen-bond donors (Lipinski definition) is 0. The number of aryl methyl sites for hydroxylation is 4. The van der Waals surface area contributed by atoms with Gasteiger partial charge in [-0.15, -0.1) is 28.2 Å². The van der Waals surface area contributed by atoms with Crippen molar-refractivity contribution >= 4 is 54.9 Å². The molecule has 4 nitrogen and oxygen atoms in total. The van der Waals surface area contributed by atoms with Gasteiger partial charge in [0.1, 0.15) is 11.2 Å². The SMILES string of the molecule is Cc1cc(SCc2nc3c4c5c(sc4ncn3n2)CCCC5)c(C)cc1Br. The molecule has 0 saturated heterocycles. The fraction of sp³-hybridized carbons (Fsp3) is 0.350. The molecule has 0 aliphatic heterocycles. The van der Waals surface area contributed by atoms with E-state index in [1.807, 2.05) is 22.2 Å². The average molecular weight is 459 g/mol. The molecule has 4 aromatic rings. The van der Waals surface area contributed by atoms with Crippen LogP contribution < -0.4 is 0 Å². The molecule has 0 unspecified atom stereocenters. The van der Waals surface area contributed by atoms with E-state index in [0.29, 0.717) is 0 Å². The Hall–Kier alpha value is -1.44. The van der Waals surface area contributed by atoms with Crippen molar-refractivity contribution in [1.29, 1.82) is 0 Å². The molecule has 5 rings (SSSR count). The lowest BCUT2D eigenvalue weighted by molar-refractivity contribution is 0.700. The van der Waals surface area contributed by atoms with E-state index in [9.17, 15) is 0 Å². The van der Waals surface area contributed by atoms with Gasteiger partial charge >= 0.3 is 0 Å². The summed E-state index contributed by atoms with van der Waals surface area (Å²) in [7, 11) is 0. The lowest BCUT2D eigenvalue weighted by Crippen LogP contribution is -1.99. The number of thiophene rings is 1. The fourth-order valence-electron chi connectivity index (χ4n) is 3.71. The van der Waals surface area contributed by atoms with Crippen LogP contribution in [0.1, 0.15) is 40.2 Å². The number of thioether (sulfide) groups is 1. The average Bonchev–Trinajstić information content (AvgIpc) is 3.23. The summed E-state index contributed by atoms with van der Waals surface area (Å²) in [6.07, 6.45) is 6.69. The van der Waals surface area contributed by atoms with Gasteiger partial charge in [-0.25, -0.2) is 14.5 Å². The van der Waals surface area contributed by atoms with Crippen molar-refractivity contribution in [2.45, 2.75) is 50.2 Å². The van der Waals surface area contributed by atoms with Crippen molar-refractivity contribution in [3.8, 4) is 0 Å². The van der Waals surface area contributed by atoms with E-state index >= 15 is 0 Å². The highest BCUT2D eigenvalue weighted by Gasteiger charge is 2.20. The first-order valence-electron chi connectivity index (χ1n) is 9.14. The van der Waals surface area contributed by atoms with Crippen LogP contribution in [0.4, 0.5) is 0 Å². The van der Waals surface area contributed by atoms with Gasteiger partial charge < -0.3 is 0 Å². The number of hydrogen-bond acceptors (Lipinski definition) is 5. The Morgan fingerprint density at radius 2 is 2.04 bits per heavy atom. The Labute approximate surface area is 174 Å². The van der Waals surface area contributed by atoms with E-state index in [4.69, 9.17) is 10.1 Å². The minimum absolute atomic E-state index is 0.761. The minimum Gasteiger partial charge on any atom is -0.225 e. The molecule has 0 N–H and O–H groups in total. The molecular weight excluding hydrogens is 440 g/mol. The van der Waals surface area contributed by atoms with E-state index in [-0.39, 0.29) is 0 Å². The first-order chi connectivity index (χ1) is 13.1. The zero-order valence-corrected chi connectivity index (χ0v) is 18.5. The molecule has 27 heavy (non-hydrogen) atoms. The molecule has 138 valence electrons. The Bertz CT molecular complexity index is 1180. The third-order valence-corrected chi connectivity index (χ3v) is 8.36. The van der Waals surface area contributed by atoms with Crippen molar-refractivity contribution in [2.75, 3.05) is 0 Å². The number of fused-ring (bicyclic) bond motifs is 5. The fourth-order valence-corrected chi connectivity index (χ4v) is 6.35. The van der Waals surface area contributed by atoms with Gasteiger partial charge in [0, 0.05) is 14.2 Å². The second-order valence-electron chi connectivity index (χ2n) is 7.09. The van der Waals surface area contributed by atoms with E-state index < -0.39 is 0 Å². The molecule has 0 fully saturated rings. The number of nitrogens with zero attached hydrogens (tertiary/aromatic N) is 4. The molecule has 0 amide bonds. The molecule has 0 radical (unpaired) electrons. The molecule has 3 heterocycles. The summed E-state index contributed by atoms with van der Waals surface area (Å²) in [5.74, 6) is 1.63. The zero-order valence-electron chi connectivity index (χ0n) is 15.3. The first-order valence-corrected chi connectivity index (χ1v) is 11.7. The van der Waals surface area contributed by atoms with E-state index in [0.717, 1.165) is 32.9 Å². The molecule has 3 aromatic heterocycles. The maximum Gasteiger partial charge on any atom is 0.167 e. The van der Waals surface area contributed by atoms with Crippen molar-refractivity contribution in [3.05, 3.63) is 50.3 Å². The molecular formula is C20H19BrN4S2. The van der Waals surface area contributed by atoms with Crippen molar-refractivity contribution in [1.82, 2.24) is 19.6 Å². The summed E-state index contributed by atoms with van der Waals surface area (Å²) in [5.41, 5.74) is 4.96. The summed E-state index contributed by atoms with van der Waals surface area (Å²) < 4.78 is 3.02. The van der Waals surface area contributed by atoms with Gasteiger partial charge in [0.25, 0.3) is 0 Å². The molecule has 0 spiro atoms. The molecule has 1 aliphatic rings. The van der Waals surface area contributed by atoms with Crippen LogP contribution >= 0.6 is 39.0 Å². The van der Waals surface area contributed by atoms with Gasteiger partial charge in [-0.1, -0.05) is 15.9 Å². The predicted molar refractivity (Wildman–Crippen MR) is 116 cm³/mol. The Balaban J connectivity index is 1.51. The van der Waals surface area contributed by atoms with Gasteiger partial charge in [-0.2, -0.15) is 0 Å². The molecule has 7 heteroatoms. The van der Waals surface area contributed by atoms with Gasteiger partial charge in [0.05, 0.1) is 11.1 Å². The van der Waals surface area contributed by atoms with Crippen LogP contribution in [0.3, 0.4) is 0 Å². The molecule has 0 atom stereocenters. The lowest BCUT2D eigenvalue weighted by atomic mass is 9.97. The van der Waals surface area contributed by atoms with E-state index in [1.165, 1.54) is 51.1 Å². The second kappa shape index (κ2) is 6.87. The topological polar surface area (TPSA) is 43.1 Å². The van der Waals surface area contributed by atoms with Crippen LogP contribution in [0.15, 0.2) is 27.8 Å². The smallest absolute Gasteiger partial charge is 0.167 e. The third-order valence-electron chi connectivity index (χ3n) is 5.15. The summed E-state index contributed by atoms with van der Waals surface area (Å²) in [6, 6.07) is 4.41. The predicted octanol–water partition coefficient (Wildman–Crippen LogP) is 5.89. The normalized spacial score (nSPS) is 14.2.